The van der Waals surface area contributed by atoms with Crippen molar-refractivity contribution in [3.05, 3.63) is 42.2 Å². The van der Waals surface area contributed by atoms with Crippen LogP contribution in [0.5, 0.6) is 0 Å². The summed E-state index contributed by atoms with van der Waals surface area (Å²) in [7, 11) is 0. The summed E-state index contributed by atoms with van der Waals surface area (Å²) >= 11 is 0. The third-order valence-electron chi connectivity index (χ3n) is 3.68. The monoisotopic (exact) mass is 288 g/mol. The van der Waals surface area contributed by atoms with Gasteiger partial charge >= 0.3 is 0 Å². The van der Waals surface area contributed by atoms with Crippen molar-refractivity contribution in [2.24, 2.45) is 5.73 Å². The van der Waals surface area contributed by atoms with Crippen molar-refractivity contribution in [2.45, 2.75) is 25.4 Å². The summed E-state index contributed by atoms with van der Waals surface area (Å²) in [6, 6.07) is 3.64. The molecular formula is C15H20N4O2. The summed E-state index contributed by atoms with van der Waals surface area (Å²) in [6.45, 7) is 7.60. The number of carbonyl (C=O) groups excluding carboxylic acids is 2. The van der Waals surface area contributed by atoms with E-state index in [1.807, 2.05) is 13.0 Å². The van der Waals surface area contributed by atoms with Crippen molar-refractivity contribution >= 4 is 11.8 Å². The molecule has 0 bridgehead atoms. The van der Waals surface area contributed by atoms with E-state index in [9.17, 15) is 9.59 Å². The van der Waals surface area contributed by atoms with Gasteiger partial charge in [0.15, 0.2) is 0 Å². The van der Waals surface area contributed by atoms with Crippen LogP contribution in [0.2, 0.25) is 0 Å². The van der Waals surface area contributed by atoms with Crippen molar-refractivity contribution in [1.29, 1.82) is 0 Å². The number of primary amides is 1. The van der Waals surface area contributed by atoms with E-state index in [2.05, 4.69) is 21.8 Å². The number of pyridine rings is 1. The Bertz CT molecular complexity index is 573. The van der Waals surface area contributed by atoms with Crippen molar-refractivity contribution in [2.75, 3.05) is 13.1 Å². The molecule has 1 saturated heterocycles. The van der Waals surface area contributed by atoms with E-state index in [0.29, 0.717) is 18.8 Å². The number of likely N-dealkylation sites (tertiary alicyclic amines) is 1. The quantitative estimate of drug-likeness (QED) is 0.770. The highest BCUT2D eigenvalue weighted by Crippen LogP contribution is 2.23. The Morgan fingerprint density at radius 1 is 1.62 bits per heavy atom. The number of nitrogens with zero attached hydrogens (tertiary/aromatic N) is 2. The summed E-state index contributed by atoms with van der Waals surface area (Å²) in [5.41, 5.74) is 6.18. The van der Waals surface area contributed by atoms with E-state index in [1.165, 1.54) is 6.08 Å². The topological polar surface area (TPSA) is 88.3 Å². The maximum absolute atomic E-state index is 11.5. The van der Waals surface area contributed by atoms with Crippen LogP contribution >= 0.6 is 0 Å². The van der Waals surface area contributed by atoms with Gasteiger partial charge in [-0.05, 0) is 31.1 Å². The summed E-state index contributed by atoms with van der Waals surface area (Å²) in [5, 5.41) is 2.95. The fourth-order valence-electron chi connectivity index (χ4n) is 2.67. The number of hydrogen-bond donors (Lipinski definition) is 2. The number of nitrogens with one attached hydrogen (secondary N) is 1. The van der Waals surface area contributed by atoms with E-state index >= 15 is 0 Å². The molecule has 1 aromatic rings. The molecule has 0 aromatic carbocycles. The maximum atomic E-state index is 11.5. The normalized spacial score (nSPS) is 22.0. The molecule has 6 heteroatoms. The second kappa shape index (κ2) is 6.05. The number of amides is 2. The highest BCUT2D eigenvalue weighted by atomic mass is 16.2. The first-order chi connectivity index (χ1) is 9.93. The van der Waals surface area contributed by atoms with Gasteiger partial charge in [0.2, 0.25) is 5.91 Å². The molecular weight excluding hydrogens is 268 g/mol. The van der Waals surface area contributed by atoms with E-state index in [-0.39, 0.29) is 11.4 Å². The molecule has 1 aliphatic heterocycles. The van der Waals surface area contributed by atoms with Crippen LogP contribution in [0, 0.1) is 0 Å². The van der Waals surface area contributed by atoms with Crippen LogP contribution in [0.4, 0.5) is 0 Å². The Balaban J connectivity index is 2.05. The Morgan fingerprint density at radius 3 is 3.05 bits per heavy atom. The van der Waals surface area contributed by atoms with Gasteiger partial charge in [-0.3, -0.25) is 19.5 Å². The SMILES string of the molecule is C=CC(=O)N[C@]1(C)CCN(Cc2cccnc2C(N)=O)C1. The number of aromatic nitrogens is 1. The van der Waals surface area contributed by atoms with Gasteiger partial charge in [0.25, 0.3) is 5.91 Å². The highest BCUT2D eigenvalue weighted by Gasteiger charge is 2.34. The Labute approximate surface area is 124 Å². The standard InChI is InChI=1S/C15H20N4O2/c1-3-12(20)18-15(2)6-8-19(10-15)9-11-5-4-7-17-13(11)14(16)21/h3-5,7H,1,6,8-10H2,2H3,(H2,16,21)(H,18,20)/t15-/m1/s1. The maximum Gasteiger partial charge on any atom is 0.267 e. The third-order valence-corrected chi connectivity index (χ3v) is 3.68. The van der Waals surface area contributed by atoms with Crippen LogP contribution < -0.4 is 11.1 Å². The van der Waals surface area contributed by atoms with E-state index < -0.39 is 5.91 Å². The van der Waals surface area contributed by atoms with Crippen molar-refractivity contribution in [3.63, 3.8) is 0 Å². The van der Waals surface area contributed by atoms with Crippen molar-refractivity contribution in [3.8, 4) is 0 Å². The molecule has 2 heterocycles. The molecule has 1 aliphatic rings. The second-order valence-corrected chi connectivity index (χ2v) is 5.59. The lowest BCUT2D eigenvalue weighted by Crippen LogP contribution is -2.47. The molecule has 1 atom stereocenters. The summed E-state index contributed by atoms with van der Waals surface area (Å²) in [5.74, 6) is -0.689. The van der Waals surface area contributed by atoms with Crippen LogP contribution in [-0.4, -0.2) is 40.3 Å². The van der Waals surface area contributed by atoms with Gasteiger partial charge in [0, 0.05) is 25.8 Å². The van der Waals surface area contributed by atoms with Gasteiger partial charge in [0.05, 0.1) is 5.54 Å². The lowest BCUT2D eigenvalue weighted by molar-refractivity contribution is -0.118. The second-order valence-electron chi connectivity index (χ2n) is 5.59. The smallest absolute Gasteiger partial charge is 0.267 e. The molecule has 1 fully saturated rings. The average Bonchev–Trinajstić information content (AvgIpc) is 2.80. The molecule has 21 heavy (non-hydrogen) atoms. The first-order valence-electron chi connectivity index (χ1n) is 6.84. The largest absolute Gasteiger partial charge is 0.364 e. The molecule has 0 unspecified atom stereocenters. The minimum atomic E-state index is -0.521. The number of nitrogens with two attached hydrogens (primary N) is 1. The predicted molar refractivity (Wildman–Crippen MR) is 79.4 cm³/mol. The lowest BCUT2D eigenvalue weighted by atomic mass is 10.0. The van der Waals surface area contributed by atoms with Crippen LogP contribution in [0.25, 0.3) is 0 Å². The number of carbonyl (C=O) groups is 2. The highest BCUT2D eigenvalue weighted by molar-refractivity contribution is 5.92. The first-order valence-corrected chi connectivity index (χ1v) is 6.84. The predicted octanol–water partition coefficient (Wildman–Crippen LogP) is 0.447. The Morgan fingerprint density at radius 2 is 2.38 bits per heavy atom. The fraction of sp³-hybridized carbons (Fsp3) is 0.400. The minimum absolute atomic E-state index is 0.168. The lowest BCUT2D eigenvalue weighted by Gasteiger charge is -2.25. The Kier molecular flexibility index (Phi) is 4.37. The van der Waals surface area contributed by atoms with E-state index in [4.69, 9.17) is 5.73 Å². The molecule has 2 rings (SSSR count). The van der Waals surface area contributed by atoms with Gasteiger partial charge in [-0.1, -0.05) is 12.6 Å². The summed E-state index contributed by atoms with van der Waals surface area (Å²) < 4.78 is 0. The summed E-state index contributed by atoms with van der Waals surface area (Å²) in [6.07, 6.45) is 3.68. The van der Waals surface area contributed by atoms with Gasteiger partial charge in [-0.15, -0.1) is 0 Å². The molecule has 1 aromatic heterocycles. The van der Waals surface area contributed by atoms with Crippen LogP contribution in [0.15, 0.2) is 31.0 Å². The van der Waals surface area contributed by atoms with Crippen molar-refractivity contribution < 1.29 is 9.59 Å². The van der Waals surface area contributed by atoms with Gasteiger partial charge in [-0.25, -0.2) is 0 Å². The van der Waals surface area contributed by atoms with Gasteiger partial charge in [-0.2, -0.15) is 0 Å². The Hall–Kier alpha value is -2.21. The van der Waals surface area contributed by atoms with E-state index in [1.54, 1.807) is 12.3 Å². The van der Waals surface area contributed by atoms with Gasteiger partial charge in [0.1, 0.15) is 5.69 Å². The van der Waals surface area contributed by atoms with E-state index in [0.717, 1.165) is 18.5 Å². The first kappa shape index (κ1) is 15.2. The zero-order valence-electron chi connectivity index (χ0n) is 12.1. The zero-order valence-corrected chi connectivity index (χ0v) is 12.1. The minimum Gasteiger partial charge on any atom is -0.364 e. The molecule has 0 saturated carbocycles. The average molecular weight is 288 g/mol. The van der Waals surface area contributed by atoms with Gasteiger partial charge < -0.3 is 11.1 Å². The fourth-order valence-corrected chi connectivity index (χ4v) is 2.67. The number of hydrogen-bond acceptors (Lipinski definition) is 4. The van der Waals surface area contributed by atoms with Crippen LogP contribution in [0.3, 0.4) is 0 Å². The molecule has 0 radical (unpaired) electrons. The molecule has 6 nitrogen and oxygen atoms in total. The number of rotatable bonds is 5. The third kappa shape index (κ3) is 3.66. The molecule has 112 valence electrons. The molecule has 0 aliphatic carbocycles. The summed E-state index contributed by atoms with van der Waals surface area (Å²) in [4.78, 5) is 29.1. The molecule has 3 N–H and O–H groups in total. The van der Waals surface area contributed by atoms with Crippen LogP contribution in [-0.2, 0) is 11.3 Å². The van der Waals surface area contributed by atoms with Crippen LogP contribution in [0.1, 0.15) is 29.4 Å². The zero-order chi connectivity index (χ0) is 15.5. The molecule has 0 spiro atoms. The molecule has 2 amide bonds. The van der Waals surface area contributed by atoms with Crippen molar-refractivity contribution in [1.82, 2.24) is 15.2 Å².